The summed E-state index contributed by atoms with van der Waals surface area (Å²) < 4.78 is 49.2. The zero-order valence-electron chi connectivity index (χ0n) is 35.7. The quantitative estimate of drug-likeness (QED) is 0.0137. The monoisotopic (exact) mass is 888 g/mol. The first-order chi connectivity index (χ1) is 28.1. The Balaban J connectivity index is 2.63. The Hall–Kier alpha value is -1.26. The van der Waals surface area contributed by atoms with Gasteiger partial charge in [0.1, 0.15) is 43.2 Å². The van der Waals surface area contributed by atoms with Crippen molar-refractivity contribution in [2.24, 2.45) is 0 Å². The molecular formula is C41H78O16P2. The van der Waals surface area contributed by atoms with Gasteiger partial charge in [-0.3, -0.25) is 23.2 Å². The maximum atomic E-state index is 12.9. The molecule has 59 heavy (non-hydrogen) atoms. The number of allylic oxidation sites excluding steroid dienone is 2. The van der Waals surface area contributed by atoms with Gasteiger partial charge >= 0.3 is 27.6 Å². The first-order valence-electron chi connectivity index (χ1n) is 22.2. The third kappa shape index (κ3) is 28.1. The van der Waals surface area contributed by atoms with E-state index in [1.807, 2.05) is 0 Å². The predicted octanol–water partition coefficient (Wildman–Crippen LogP) is 7.62. The second-order valence-electron chi connectivity index (χ2n) is 15.8. The van der Waals surface area contributed by atoms with E-state index in [0.717, 1.165) is 64.2 Å². The van der Waals surface area contributed by atoms with Crippen molar-refractivity contribution in [3.05, 3.63) is 12.2 Å². The molecule has 0 spiro atoms. The van der Waals surface area contributed by atoms with Gasteiger partial charge in [-0.1, -0.05) is 142 Å². The fraction of sp³-hybridized carbons (Fsp3) is 0.902. The molecule has 0 aromatic carbocycles. The third-order valence-electron chi connectivity index (χ3n) is 10.3. The van der Waals surface area contributed by atoms with Crippen molar-refractivity contribution in [3.8, 4) is 0 Å². The lowest BCUT2D eigenvalue weighted by molar-refractivity contribution is -0.216. The lowest BCUT2D eigenvalue weighted by Crippen LogP contribution is -2.64. The van der Waals surface area contributed by atoms with Gasteiger partial charge in [0.15, 0.2) is 6.10 Å². The maximum Gasteiger partial charge on any atom is 0.472 e. The standard InChI is InChI=1S/C41H78O16P2/c1-3-5-7-9-11-13-15-17-19-21-23-25-27-29-34(42)53-31-33(55-35(43)30-28-26-24-22-20-18-16-14-12-10-8-6-4-2)32-54-59(51,52)57-41-38(46)36(44)37(45)40(39(41)47)56-58(48,49)50/h13,15,33,36-41,44-47H,3-12,14,16-32H2,1-2H3,(H,51,52)(H2,48,49,50). The summed E-state index contributed by atoms with van der Waals surface area (Å²) in [5, 5.41) is 41.1. The number of carbonyl (C=O) groups is 2. The van der Waals surface area contributed by atoms with E-state index in [9.17, 15) is 44.0 Å². The number of hydrogen-bond donors (Lipinski definition) is 7. The zero-order chi connectivity index (χ0) is 43.9. The Labute approximate surface area is 352 Å². The number of rotatable bonds is 37. The van der Waals surface area contributed by atoms with Crippen molar-refractivity contribution in [1.82, 2.24) is 0 Å². The number of hydrogen-bond acceptors (Lipinski definition) is 13. The van der Waals surface area contributed by atoms with Crippen LogP contribution in [0.1, 0.15) is 181 Å². The second kappa shape index (κ2) is 33.3. The summed E-state index contributed by atoms with van der Waals surface area (Å²) >= 11 is 0. The molecule has 0 saturated heterocycles. The Bertz CT molecular complexity index is 1220. The normalized spacial score (nSPS) is 22.7. The summed E-state index contributed by atoms with van der Waals surface area (Å²) in [5.41, 5.74) is 0. The largest absolute Gasteiger partial charge is 0.472 e. The van der Waals surface area contributed by atoms with E-state index < -0.39 is 83.5 Å². The van der Waals surface area contributed by atoms with Crippen LogP contribution in [0.5, 0.6) is 0 Å². The van der Waals surface area contributed by atoms with E-state index in [4.69, 9.17) is 28.3 Å². The smallest absolute Gasteiger partial charge is 0.462 e. The summed E-state index contributed by atoms with van der Waals surface area (Å²) in [5.74, 6) is -1.21. The Morgan fingerprint density at radius 1 is 0.525 bits per heavy atom. The third-order valence-corrected chi connectivity index (χ3v) is 11.8. The highest BCUT2D eigenvalue weighted by Crippen LogP contribution is 2.49. The highest BCUT2D eigenvalue weighted by atomic mass is 31.2. The molecule has 1 rings (SSSR count). The van der Waals surface area contributed by atoms with E-state index in [0.29, 0.717) is 12.8 Å². The van der Waals surface area contributed by atoms with Gasteiger partial charge in [0, 0.05) is 12.8 Å². The van der Waals surface area contributed by atoms with Crippen molar-refractivity contribution in [2.45, 2.75) is 224 Å². The van der Waals surface area contributed by atoms with Gasteiger partial charge in [0.05, 0.1) is 6.61 Å². The summed E-state index contributed by atoms with van der Waals surface area (Å²) in [4.78, 5) is 54.1. The Morgan fingerprint density at radius 3 is 1.41 bits per heavy atom. The molecular weight excluding hydrogens is 810 g/mol. The fourth-order valence-electron chi connectivity index (χ4n) is 6.84. The number of esters is 2. The minimum Gasteiger partial charge on any atom is -0.462 e. The van der Waals surface area contributed by atoms with Crippen LogP contribution in [0, 0.1) is 0 Å². The van der Waals surface area contributed by atoms with Gasteiger partial charge in [-0.05, 0) is 38.5 Å². The summed E-state index contributed by atoms with van der Waals surface area (Å²) in [7, 11) is -10.7. The van der Waals surface area contributed by atoms with Crippen LogP contribution < -0.4 is 0 Å². The molecule has 1 saturated carbocycles. The molecule has 0 bridgehead atoms. The maximum absolute atomic E-state index is 12.9. The van der Waals surface area contributed by atoms with Crippen LogP contribution in [-0.4, -0.2) is 103 Å². The molecule has 18 heteroatoms. The van der Waals surface area contributed by atoms with Crippen molar-refractivity contribution in [3.63, 3.8) is 0 Å². The first kappa shape index (κ1) is 55.8. The molecule has 1 aliphatic rings. The van der Waals surface area contributed by atoms with Crippen LogP contribution in [-0.2, 0) is 41.8 Å². The summed E-state index contributed by atoms with van der Waals surface area (Å²) in [6.45, 7) is 3.07. The molecule has 0 aromatic heterocycles. The summed E-state index contributed by atoms with van der Waals surface area (Å²) in [6.07, 6.45) is 16.1. The first-order valence-corrected chi connectivity index (χ1v) is 25.3. The van der Waals surface area contributed by atoms with Crippen LogP contribution in [0.25, 0.3) is 0 Å². The van der Waals surface area contributed by atoms with E-state index in [2.05, 4.69) is 30.5 Å². The molecule has 1 aliphatic carbocycles. The van der Waals surface area contributed by atoms with Gasteiger partial charge in [-0.25, -0.2) is 9.13 Å². The van der Waals surface area contributed by atoms with E-state index in [-0.39, 0.29) is 12.8 Å². The van der Waals surface area contributed by atoms with Gasteiger partial charge in [-0.2, -0.15) is 0 Å². The lowest BCUT2D eigenvalue weighted by atomic mass is 9.85. The minimum absolute atomic E-state index is 0.0475. The average molecular weight is 889 g/mol. The number of carbonyl (C=O) groups excluding carboxylic acids is 2. The van der Waals surface area contributed by atoms with Crippen molar-refractivity contribution < 1.29 is 76.9 Å². The molecule has 0 amide bonds. The van der Waals surface area contributed by atoms with Crippen molar-refractivity contribution in [2.75, 3.05) is 13.2 Å². The molecule has 1 fully saturated rings. The average Bonchev–Trinajstić information content (AvgIpc) is 3.18. The van der Waals surface area contributed by atoms with Gasteiger partial charge in [0.25, 0.3) is 0 Å². The molecule has 8 atom stereocenters. The Morgan fingerprint density at radius 2 is 0.932 bits per heavy atom. The molecule has 0 aromatic rings. The number of aliphatic hydroxyl groups excluding tert-OH is 4. The number of ether oxygens (including phenoxy) is 2. The van der Waals surface area contributed by atoms with Crippen LogP contribution in [0.2, 0.25) is 0 Å². The van der Waals surface area contributed by atoms with Crippen molar-refractivity contribution >= 4 is 27.6 Å². The van der Waals surface area contributed by atoms with Gasteiger partial charge in [-0.15, -0.1) is 0 Å². The van der Waals surface area contributed by atoms with Crippen LogP contribution in [0.15, 0.2) is 12.2 Å². The molecule has 0 aliphatic heterocycles. The number of phosphoric ester groups is 2. The molecule has 8 unspecified atom stereocenters. The Kier molecular flexibility index (Phi) is 31.5. The second-order valence-corrected chi connectivity index (χ2v) is 18.4. The molecule has 16 nitrogen and oxygen atoms in total. The van der Waals surface area contributed by atoms with E-state index in [1.54, 1.807) is 0 Å². The highest BCUT2D eigenvalue weighted by Gasteiger charge is 2.54. The van der Waals surface area contributed by atoms with Crippen molar-refractivity contribution in [1.29, 1.82) is 0 Å². The number of aliphatic hydroxyl groups is 4. The van der Waals surface area contributed by atoms with Gasteiger partial charge in [0.2, 0.25) is 0 Å². The molecule has 7 N–H and O–H groups in total. The zero-order valence-corrected chi connectivity index (χ0v) is 37.5. The summed E-state index contributed by atoms with van der Waals surface area (Å²) in [6, 6.07) is 0. The molecule has 0 heterocycles. The van der Waals surface area contributed by atoms with Gasteiger partial charge < -0.3 is 44.6 Å². The fourth-order valence-corrected chi connectivity index (χ4v) is 8.38. The lowest BCUT2D eigenvalue weighted by Gasteiger charge is -2.43. The molecule has 0 radical (unpaired) electrons. The predicted molar refractivity (Wildman–Crippen MR) is 223 cm³/mol. The van der Waals surface area contributed by atoms with Crippen LogP contribution >= 0.6 is 15.6 Å². The topological polar surface area (TPSA) is 256 Å². The van der Waals surface area contributed by atoms with Crippen LogP contribution in [0.3, 0.4) is 0 Å². The van der Waals surface area contributed by atoms with E-state index >= 15 is 0 Å². The SMILES string of the molecule is CCCCCCC=CCCCCCCCC(=O)OCC(COP(=O)(O)OC1C(O)C(O)C(O)C(OP(=O)(O)O)C1O)OC(=O)CCCCCCCCCCCCCCC. The minimum atomic E-state index is -5.36. The number of phosphoric acid groups is 2. The number of unbranched alkanes of at least 4 members (excludes halogenated alkanes) is 21. The highest BCUT2D eigenvalue weighted by molar-refractivity contribution is 7.47. The molecule has 348 valence electrons. The van der Waals surface area contributed by atoms with Crippen LogP contribution in [0.4, 0.5) is 0 Å². The van der Waals surface area contributed by atoms with E-state index in [1.165, 1.54) is 77.0 Å².